The number of fused-ring (bicyclic) bond motifs is 1. The van der Waals surface area contributed by atoms with Crippen molar-refractivity contribution < 1.29 is 4.79 Å². The van der Waals surface area contributed by atoms with E-state index in [1.165, 1.54) is 16.9 Å². The molecule has 34 heavy (non-hydrogen) atoms. The Morgan fingerprint density at radius 1 is 0.912 bits per heavy atom. The van der Waals surface area contributed by atoms with Crippen LogP contribution in [-0.4, -0.2) is 10.9 Å². The SMILES string of the molecule is Cc1ccc(-c2cc(-c3ccccc3)c3c(N)c(C(=O)Nc4cc(Cl)cc(Cl)c4)sc3n2)cc1. The smallest absolute Gasteiger partial charge is 0.267 e. The second kappa shape index (κ2) is 9.11. The molecule has 0 saturated carbocycles. The van der Waals surface area contributed by atoms with Gasteiger partial charge in [-0.3, -0.25) is 4.79 Å². The third-order valence-corrected chi connectivity index (χ3v) is 6.99. The Kier molecular flexibility index (Phi) is 6.00. The van der Waals surface area contributed by atoms with Gasteiger partial charge in [-0.2, -0.15) is 0 Å². The Morgan fingerprint density at radius 2 is 1.59 bits per heavy atom. The van der Waals surface area contributed by atoms with Gasteiger partial charge < -0.3 is 11.1 Å². The maximum absolute atomic E-state index is 13.2. The number of thiophene rings is 1. The summed E-state index contributed by atoms with van der Waals surface area (Å²) in [6.07, 6.45) is 0. The number of carbonyl (C=O) groups is 1. The maximum Gasteiger partial charge on any atom is 0.267 e. The molecule has 2 heterocycles. The second-order valence-electron chi connectivity index (χ2n) is 7.92. The van der Waals surface area contributed by atoms with Crippen LogP contribution in [0.25, 0.3) is 32.6 Å². The van der Waals surface area contributed by atoms with Crippen molar-refractivity contribution in [2.24, 2.45) is 0 Å². The Morgan fingerprint density at radius 3 is 2.26 bits per heavy atom. The summed E-state index contributed by atoms with van der Waals surface area (Å²) in [5.41, 5.74) is 12.4. The molecule has 5 aromatic rings. The average Bonchev–Trinajstić information content (AvgIpc) is 3.15. The Labute approximate surface area is 211 Å². The van der Waals surface area contributed by atoms with Crippen molar-refractivity contribution in [3.63, 3.8) is 0 Å². The third kappa shape index (κ3) is 4.38. The quantitative estimate of drug-likeness (QED) is 0.260. The minimum absolute atomic E-state index is 0.338. The lowest BCUT2D eigenvalue weighted by Crippen LogP contribution is -2.12. The van der Waals surface area contributed by atoms with E-state index in [0.29, 0.717) is 31.1 Å². The van der Waals surface area contributed by atoms with Gasteiger partial charge in [-0.25, -0.2) is 4.98 Å². The van der Waals surface area contributed by atoms with Crippen LogP contribution in [0.4, 0.5) is 11.4 Å². The van der Waals surface area contributed by atoms with Crippen LogP contribution < -0.4 is 11.1 Å². The highest BCUT2D eigenvalue weighted by Crippen LogP contribution is 2.41. The summed E-state index contributed by atoms with van der Waals surface area (Å²) in [4.78, 5) is 19.1. The van der Waals surface area contributed by atoms with Gasteiger partial charge in [-0.1, -0.05) is 83.4 Å². The number of hydrogen-bond donors (Lipinski definition) is 2. The zero-order chi connectivity index (χ0) is 23.8. The first-order valence-corrected chi connectivity index (χ1v) is 12.1. The lowest BCUT2D eigenvalue weighted by molar-refractivity contribution is 0.103. The first-order chi connectivity index (χ1) is 16.4. The van der Waals surface area contributed by atoms with E-state index >= 15 is 0 Å². The van der Waals surface area contributed by atoms with E-state index in [9.17, 15) is 4.79 Å². The monoisotopic (exact) mass is 503 g/mol. The third-order valence-electron chi connectivity index (χ3n) is 5.46. The lowest BCUT2D eigenvalue weighted by atomic mass is 9.99. The van der Waals surface area contributed by atoms with Crippen molar-refractivity contribution in [2.75, 3.05) is 11.1 Å². The highest BCUT2D eigenvalue weighted by Gasteiger charge is 2.22. The summed E-state index contributed by atoms with van der Waals surface area (Å²) in [6, 6.07) is 25.1. The summed E-state index contributed by atoms with van der Waals surface area (Å²) in [7, 11) is 0. The number of aromatic nitrogens is 1. The lowest BCUT2D eigenvalue weighted by Gasteiger charge is -2.09. The molecule has 0 atom stereocenters. The number of halogens is 2. The van der Waals surface area contributed by atoms with Crippen molar-refractivity contribution in [3.05, 3.63) is 99.3 Å². The predicted octanol–water partition coefficient (Wildman–Crippen LogP) is 8.08. The van der Waals surface area contributed by atoms with E-state index in [0.717, 1.165) is 27.8 Å². The van der Waals surface area contributed by atoms with Crippen LogP contribution in [0.3, 0.4) is 0 Å². The van der Waals surface area contributed by atoms with E-state index in [4.69, 9.17) is 33.9 Å². The minimum Gasteiger partial charge on any atom is -0.397 e. The number of hydrogen-bond acceptors (Lipinski definition) is 4. The van der Waals surface area contributed by atoms with Gasteiger partial charge in [0.25, 0.3) is 5.91 Å². The molecule has 3 aromatic carbocycles. The molecule has 0 fully saturated rings. The zero-order valence-corrected chi connectivity index (χ0v) is 20.4. The van der Waals surface area contributed by atoms with E-state index in [-0.39, 0.29) is 5.91 Å². The second-order valence-corrected chi connectivity index (χ2v) is 9.80. The summed E-state index contributed by atoms with van der Waals surface area (Å²) in [5.74, 6) is -0.338. The van der Waals surface area contributed by atoms with E-state index in [1.807, 2.05) is 55.5 Å². The fraction of sp³-hybridized carbons (Fsp3) is 0.0370. The van der Waals surface area contributed by atoms with Gasteiger partial charge in [0.2, 0.25) is 0 Å². The van der Waals surface area contributed by atoms with Gasteiger partial charge in [0.15, 0.2) is 0 Å². The molecule has 0 aliphatic heterocycles. The largest absolute Gasteiger partial charge is 0.397 e. The number of anilines is 2. The van der Waals surface area contributed by atoms with Crippen molar-refractivity contribution in [1.82, 2.24) is 4.98 Å². The molecular formula is C27H19Cl2N3OS. The topological polar surface area (TPSA) is 68.0 Å². The number of aryl methyl sites for hydroxylation is 1. The number of nitrogens with one attached hydrogen (secondary N) is 1. The highest BCUT2D eigenvalue weighted by atomic mass is 35.5. The zero-order valence-electron chi connectivity index (χ0n) is 18.1. The molecule has 168 valence electrons. The number of amides is 1. The molecule has 0 saturated heterocycles. The number of pyridine rings is 1. The number of nitrogen functional groups attached to an aromatic ring is 1. The van der Waals surface area contributed by atoms with Gasteiger partial charge >= 0.3 is 0 Å². The number of carbonyl (C=O) groups excluding carboxylic acids is 1. The molecule has 0 bridgehead atoms. The fourth-order valence-electron chi connectivity index (χ4n) is 3.82. The molecule has 2 aromatic heterocycles. The minimum atomic E-state index is -0.338. The molecule has 4 nitrogen and oxygen atoms in total. The van der Waals surface area contributed by atoms with Crippen molar-refractivity contribution in [2.45, 2.75) is 6.92 Å². The molecule has 3 N–H and O–H groups in total. The van der Waals surface area contributed by atoms with Crippen molar-refractivity contribution in [1.29, 1.82) is 0 Å². The number of nitrogens with zero attached hydrogens (tertiary/aromatic N) is 1. The standard InChI is InChI=1S/C27H19Cl2N3OS/c1-15-7-9-17(10-8-15)22-14-21(16-5-3-2-4-6-16)23-24(30)25(34-27(23)32-22)26(33)31-20-12-18(28)11-19(29)13-20/h2-14H,30H2,1H3,(H,31,33). The van der Waals surface area contributed by atoms with E-state index in [2.05, 4.69) is 17.4 Å². The first kappa shape index (κ1) is 22.4. The Balaban J connectivity index is 1.66. The number of benzene rings is 3. The first-order valence-electron chi connectivity index (χ1n) is 10.5. The molecule has 0 spiro atoms. The van der Waals surface area contributed by atoms with Crippen molar-refractivity contribution in [3.8, 4) is 22.4 Å². The van der Waals surface area contributed by atoms with Gasteiger partial charge in [-0.05, 0) is 42.3 Å². The predicted molar refractivity (Wildman–Crippen MR) is 144 cm³/mol. The van der Waals surface area contributed by atoms with Crippen LogP contribution in [-0.2, 0) is 0 Å². The highest BCUT2D eigenvalue weighted by molar-refractivity contribution is 7.21. The summed E-state index contributed by atoms with van der Waals surface area (Å²) >= 11 is 13.4. The molecule has 0 aliphatic rings. The molecule has 7 heteroatoms. The van der Waals surface area contributed by atoms with E-state index < -0.39 is 0 Å². The van der Waals surface area contributed by atoms with Crippen LogP contribution >= 0.6 is 34.5 Å². The Bertz CT molecular complexity index is 1510. The maximum atomic E-state index is 13.2. The summed E-state index contributed by atoms with van der Waals surface area (Å²) in [6.45, 7) is 2.05. The molecule has 0 unspecified atom stereocenters. The molecular weight excluding hydrogens is 485 g/mol. The molecule has 5 rings (SSSR count). The van der Waals surface area contributed by atoms with E-state index in [1.54, 1.807) is 18.2 Å². The fourth-order valence-corrected chi connectivity index (χ4v) is 5.36. The number of nitrogens with two attached hydrogens (primary N) is 1. The van der Waals surface area contributed by atoms with Gasteiger partial charge in [-0.15, -0.1) is 11.3 Å². The van der Waals surface area contributed by atoms with Crippen LogP contribution in [0.15, 0.2) is 78.9 Å². The van der Waals surface area contributed by atoms with Crippen LogP contribution in [0, 0.1) is 6.92 Å². The normalized spacial score (nSPS) is 11.0. The number of rotatable bonds is 4. The molecule has 0 aliphatic carbocycles. The van der Waals surface area contributed by atoms with Crippen LogP contribution in [0.2, 0.25) is 10.0 Å². The Hall–Kier alpha value is -3.38. The average molecular weight is 504 g/mol. The summed E-state index contributed by atoms with van der Waals surface area (Å²) < 4.78 is 0. The van der Waals surface area contributed by atoms with Gasteiger partial charge in [0.05, 0.1) is 11.4 Å². The van der Waals surface area contributed by atoms with Crippen LogP contribution in [0.5, 0.6) is 0 Å². The van der Waals surface area contributed by atoms with Crippen LogP contribution in [0.1, 0.15) is 15.2 Å². The molecule has 1 amide bonds. The van der Waals surface area contributed by atoms with Gasteiger partial charge in [0, 0.05) is 26.7 Å². The van der Waals surface area contributed by atoms with Crippen molar-refractivity contribution >= 4 is 62.0 Å². The summed E-state index contributed by atoms with van der Waals surface area (Å²) in [5, 5.41) is 4.48. The van der Waals surface area contributed by atoms with Gasteiger partial charge in [0.1, 0.15) is 9.71 Å². The molecule has 0 radical (unpaired) electrons.